The average molecular weight is 413 g/mol. The van der Waals surface area contributed by atoms with Gasteiger partial charge in [-0.15, -0.1) is 11.3 Å². The fraction of sp³-hybridized carbons (Fsp3) is 0.150. The average Bonchev–Trinajstić information content (AvgIpc) is 3.16. The molecule has 0 saturated heterocycles. The van der Waals surface area contributed by atoms with Gasteiger partial charge in [0.1, 0.15) is 17.5 Å². The molecular weight excluding hydrogens is 397 g/mol. The molecule has 148 valence electrons. The number of halogens is 1. The molecule has 2 aromatic carbocycles. The molecule has 0 spiro atoms. The summed E-state index contributed by atoms with van der Waals surface area (Å²) < 4.78 is 19.2. The van der Waals surface area contributed by atoms with Crippen molar-refractivity contribution in [3.05, 3.63) is 53.2 Å². The Balaban J connectivity index is 1.71. The highest BCUT2D eigenvalue weighted by Gasteiger charge is 2.21. The lowest BCUT2D eigenvalue weighted by Gasteiger charge is -2.09. The molecular formula is C20H16FN3O4S. The van der Waals surface area contributed by atoms with Crippen LogP contribution in [0.4, 0.5) is 9.52 Å². The van der Waals surface area contributed by atoms with Gasteiger partial charge in [-0.2, -0.15) is 5.26 Å². The van der Waals surface area contributed by atoms with E-state index in [4.69, 9.17) is 4.74 Å². The molecule has 3 N–H and O–H groups in total. The number of benzene rings is 2. The summed E-state index contributed by atoms with van der Waals surface area (Å²) in [4.78, 5) is 16.6. The Morgan fingerprint density at radius 2 is 2.10 bits per heavy atom. The molecule has 3 rings (SSSR count). The van der Waals surface area contributed by atoms with Crippen LogP contribution in [0.1, 0.15) is 5.56 Å². The van der Waals surface area contributed by atoms with E-state index in [1.807, 2.05) is 6.07 Å². The quantitative estimate of drug-likeness (QED) is 0.531. The van der Waals surface area contributed by atoms with Gasteiger partial charge in [-0.3, -0.25) is 4.79 Å². The monoisotopic (exact) mass is 413 g/mol. The van der Waals surface area contributed by atoms with Crippen molar-refractivity contribution in [1.82, 2.24) is 4.98 Å². The van der Waals surface area contributed by atoms with Gasteiger partial charge in [0.25, 0.3) is 0 Å². The molecule has 1 heterocycles. The number of thiazole rings is 1. The summed E-state index contributed by atoms with van der Waals surface area (Å²) in [5.41, 5.74) is 1.13. The SMILES string of the molecule is COc1ccc(-c2csc(NC(=O)C(C#N)Cc3ccc(O)c(O)c3)n2)c(F)c1. The van der Waals surface area contributed by atoms with Crippen LogP contribution in [0.15, 0.2) is 41.8 Å². The first-order valence-corrected chi connectivity index (χ1v) is 9.30. The number of amides is 1. The number of nitriles is 1. The summed E-state index contributed by atoms with van der Waals surface area (Å²) in [6.07, 6.45) is 0.0432. The normalized spacial score (nSPS) is 11.5. The van der Waals surface area contributed by atoms with Crippen LogP contribution in [0.5, 0.6) is 17.2 Å². The van der Waals surface area contributed by atoms with E-state index in [0.717, 1.165) is 11.3 Å². The maximum Gasteiger partial charge on any atom is 0.243 e. The maximum atomic E-state index is 14.2. The molecule has 0 aliphatic rings. The van der Waals surface area contributed by atoms with E-state index in [0.29, 0.717) is 17.0 Å². The molecule has 0 fully saturated rings. The molecule has 9 heteroatoms. The van der Waals surface area contributed by atoms with Crippen molar-refractivity contribution in [3.8, 4) is 34.6 Å². The third kappa shape index (κ3) is 4.62. The first kappa shape index (κ1) is 20.1. The predicted octanol–water partition coefficient (Wildman–Crippen LogP) is 3.69. The molecule has 0 saturated carbocycles. The standard InChI is InChI=1S/C20H16FN3O4S/c1-28-13-3-4-14(15(21)8-13)16-10-29-20(23-16)24-19(27)12(9-22)6-11-2-5-17(25)18(26)7-11/h2-5,7-8,10,12,25-26H,6H2,1H3,(H,23,24,27). The van der Waals surface area contributed by atoms with E-state index in [-0.39, 0.29) is 28.6 Å². The molecule has 1 amide bonds. The minimum Gasteiger partial charge on any atom is -0.504 e. The van der Waals surface area contributed by atoms with Crippen molar-refractivity contribution in [3.63, 3.8) is 0 Å². The van der Waals surface area contributed by atoms with Gasteiger partial charge >= 0.3 is 0 Å². The van der Waals surface area contributed by atoms with Crippen molar-refractivity contribution < 1.29 is 24.1 Å². The first-order chi connectivity index (χ1) is 13.9. The minimum absolute atomic E-state index is 0.0432. The second-order valence-electron chi connectivity index (χ2n) is 6.08. The second kappa shape index (κ2) is 8.58. The Labute approximate surface area is 169 Å². The Bertz CT molecular complexity index is 1090. The number of ether oxygens (including phenoxy) is 1. The van der Waals surface area contributed by atoms with Gasteiger partial charge in [-0.1, -0.05) is 6.07 Å². The molecule has 1 aromatic heterocycles. The van der Waals surface area contributed by atoms with Crippen molar-refractivity contribution in [1.29, 1.82) is 5.26 Å². The van der Waals surface area contributed by atoms with Gasteiger partial charge in [0, 0.05) is 17.0 Å². The molecule has 0 aliphatic heterocycles. The molecule has 0 radical (unpaired) electrons. The second-order valence-corrected chi connectivity index (χ2v) is 6.94. The number of hydrogen-bond acceptors (Lipinski definition) is 7. The number of nitrogens with zero attached hydrogens (tertiary/aromatic N) is 2. The van der Waals surface area contributed by atoms with Crippen molar-refractivity contribution >= 4 is 22.4 Å². The summed E-state index contributed by atoms with van der Waals surface area (Å²) in [5, 5.41) is 32.6. The van der Waals surface area contributed by atoms with E-state index in [1.54, 1.807) is 11.4 Å². The van der Waals surface area contributed by atoms with Crippen LogP contribution in [-0.4, -0.2) is 28.2 Å². The van der Waals surface area contributed by atoms with E-state index >= 15 is 0 Å². The minimum atomic E-state index is -1.04. The van der Waals surface area contributed by atoms with Crippen molar-refractivity contribution in [2.45, 2.75) is 6.42 Å². The Morgan fingerprint density at radius 1 is 1.31 bits per heavy atom. The van der Waals surface area contributed by atoms with Gasteiger partial charge in [0.2, 0.25) is 5.91 Å². The molecule has 7 nitrogen and oxygen atoms in total. The number of methoxy groups -OCH3 is 1. The van der Waals surface area contributed by atoms with E-state index in [1.165, 1.54) is 37.4 Å². The van der Waals surface area contributed by atoms with Crippen LogP contribution in [0.3, 0.4) is 0 Å². The summed E-state index contributed by atoms with van der Waals surface area (Å²) >= 11 is 1.11. The van der Waals surface area contributed by atoms with E-state index < -0.39 is 17.6 Å². The van der Waals surface area contributed by atoms with Gasteiger partial charge in [0.05, 0.1) is 18.9 Å². The zero-order valence-corrected chi connectivity index (χ0v) is 16.0. The summed E-state index contributed by atoms with van der Waals surface area (Å²) in [7, 11) is 1.44. The highest BCUT2D eigenvalue weighted by Crippen LogP contribution is 2.30. The number of phenols is 2. The summed E-state index contributed by atoms with van der Waals surface area (Å²) in [6.45, 7) is 0. The van der Waals surface area contributed by atoms with Crippen LogP contribution in [0.25, 0.3) is 11.3 Å². The topological polar surface area (TPSA) is 115 Å². The number of phenolic OH excluding ortho intramolecular Hbond substituents is 2. The number of aromatic hydroxyl groups is 2. The number of anilines is 1. The fourth-order valence-electron chi connectivity index (χ4n) is 2.61. The zero-order chi connectivity index (χ0) is 21.0. The maximum absolute atomic E-state index is 14.2. The van der Waals surface area contributed by atoms with Crippen molar-refractivity contribution in [2.75, 3.05) is 12.4 Å². The molecule has 0 bridgehead atoms. The molecule has 3 aromatic rings. The Hall–Kier alpha value is -3.64. The third-order valence-corrected chi connectivity index (χ3v) is 4.90. The molecule has 1 atom stereocenters. The highest BCUT2D eigenvalue weighted by atomic mass is 32.1. The Morgan fingerprint density at radius 3 is 2.76 bits per heavy atom. The molecule has 29 heavy (non-hydrogen) atoms. The van der Waals surface area contributed by atoms with Gasteiger partial charge in [-0.05, 0) is 36.2 Å². The van der Waals surface area contributed by atoms with Gasteiger partial charge in [-0.25, -0.2) is 9.37 Å². The molecule has 0 aliphatic carbocycles. The van der Waals surface area contributed by atoms with Crippen LogP contribution < -0.4 is 10.1 Å². The largest absolute Gasteiger partial charge is 0.504 e. The number of carbonyl (C=O) groups excluding carboxylic acids is 1. The third-order valence-electron chi connectivity index (χ3n) is 4.14. The first-order valence-electron chi connectivity index (χ1n) is 8.42. The van der Waals surface area contributed by atoms with Gasteiger partial charge in [0.15, 0.2) is 16.6 Å². The number of nitrogens with one attached hydrogen (secondary N) is 1. The van der Waals surface area contributed by atoms with E-state index in [2.05, 4.69) is 10.3 Å². The predicted molar refractivity (Wildman–Crippen MR) is 105 cm³/mol. The number of rotatable bonds is 6. The van der Waals surface area contributed by atoms with Crippen LogP contribution >= 0.6 is 11.3 Å². The Kier molecular flexibility index (Phi) is 5.95. The smallest absolute Gasteiger partial charge is 0.243 e. The summed E-state index contributed by atoms with van der Waals surface area (Å²) in [6, 6.07) is 10.4. The van der Waals surface area contributed by atoms with Crippen LogP contribution in [-0.2, 0) is 11.2 Å². The van der Waals surface area contributed by atoms with Crippen molar-refractivity contribution in [2.24, 2.45) is 5.92 Å². The number of carbonyl (C=O) groups is 1. The molecule has 1 unspecified atom stereocenters. The van der Waals surface area contributed by atoms with E-state index in [9.17, 15) is 24.7 Å². The lowest BCUT2D eigenvalue weighted by molar-refractivity contribution is -0.118. The number of aromatic nitrogens is 1. The summed E-state index contributed by atoms with van der Waals surface area (Å²) in [5.74, 6) is -2.35. The number of hydrogen-bond donors (Lipinski definition) is 3. The lowest BCUT2D eigenvalue weighted by Crippen LogP contribution is -2.23. The fourth-order valence-corrected chi connectivity index (χ4v) is 3.32. The van der Waals surface area contributed by atoms with Gasteiger partial charge < -0.3 is 20.3 Å². The van der Waals surface area contributed by atoms with Crippen LogP contribution in [0, 0.1) is 23.1 Å². The lowest BCUT2D eigenvalue weighted by atomic mass is 9.99. The zero-order valence-electron chi connectivity index (χ0n) is 15.2. The van der Waals surface area contributed by atoms with Crippen LogP contribution in [0.2, 0.25) is 0 Å². The highest BCUT2D eigenvalue weighted by molar-refractivity contribution is 7.14.